The number of carbonyl (C=O) groups excluding carboxylic acids is 2. The summed E-state index contributed by atoms with van der Waals surface area (Å²) in [5, 5.41) is 14.4. The number of allylic oxidation sites excluding steroid dienone is 2. The van der Waals surface area contributed by atoms with Gasteiger partial charge in [-0.05, 0) is 32.8 Å². The Bertz CT molecular complexity index is 919. The zero-order valence-corrected chi connectivity index (χ0v) is 19.2. The minimum Gasteiger partial charge on any atom is -0.463 e. The number of nitrogens with one attached hydrogen (secondary N) is 1. The first-order valence-electron chi connectivity index (χ1n) is 11.1. The molecule has 1 aliphatic heterocycles. The van der Waals surface area contributed by atoms with E-state index in [4.69, 9.17) is 9.47 Å². The Hall–Kier alpha value is -3.16. The first-order valence-corrected chi connectivity index (χ1v) is 11.1. The molecule has 0 bridgehead atoms. The SMILES string of the molecule is CCCCCCCOC(=O)C1=C(C)NC(C)=C(C(=O)OCC)C1c1cccc([N+](=O)[O-])c1. The van der Waals surface area contributed by atoms with Crippen LogP contribution in [0.5, 0.6) is 0 Å². The van der Waals surface area contributed by atoms with Crippen LogP contribution < -0.4 is 5.32 Å². The number of nitro groups is 1. The number of dihydropyridines is 1. The number of nitrogens with zero attached hydrogens (tertiary/aromatic N) is 1. The summed E-state index contributed by atoms with van der Waals surface area (Å²) in [4.78, 5) is 36.8. The van der Waals surface area contributed by atoms with Gasteiger partial charge in [-0.15, -0.1) is 0 Å². The summed E-state index contributed by atoms with van der Waals surface area (Å²) in [7, 11) is 0. The van der Waals surface area contributed by atoms with Crippen LogP contribution >= 0.6 is 0 Å². The van der Waals surface area contributed by atoms with E-state index in [2.05, 4.69) is 12.2 Å². The van der Waals surface area contributed by atoms with Crippen LogP contribution in [0.25, 0.3) is 0 Å². The average Bonchev–Trinajstić information content (AvgIpc) is 2.75. The largest absolute Gasteiger partial charge is 0.463 e. The lowest BCUT2D eigenvalue weighted by Crippen LogP contribution is -2.32. The predicted octanol–water partition coefficient (Wildman–Crippen LogP) is 4.91. The van der Waals surface area contributed by atoms with E-state index >= 15 is 0 Å². The van der Waals surface area contributed by atoms with Crippen molar-refractivity contribution < 1.29 is 24.0 Å². The lowest BCUT2D eigenvalue weighted by atomic mass is 9.80. The highest BCUT2D eigenvalue weighted by Crippen LogP contribution is 2.40. The van der Waals surface area contributed by atoms with Crippen molar-refractivity contribution in [1.29, 1.82) is 0 Å². The normalized spacial score (nSPS) is 15.9. The van der Waals surface area contributed by atoms with Crippen molar-refractivity contribution in [1.82, 2.24) is 5.32 Å². The van der Waals surface area contributed by atoms with E-state index in [9.17, 15) is 19.7 Å². The molecule has 174 valence electrons. The Morgan fingerprint density at radius 2 is 1.62 bits per heavy atom. The highest BCUT2D eigenvalue weighted by atomic mass is 16.6. The fraction of sp³-hybridized carbons (Fsp3) is 0.500. The van der Waals surface area contributed by atoms with Crippen LogP contribution in [0, 0.1) is 10.1 Å². The Labute approximate surface area is 188 Å². The summed E-state index contributed by atoms with van der Waals surface area (Å²) in [6.45, 7) is 7.72. The highest BCUT2D eigenvalue weighted by Gasteiger charge is 2.38. The third kappa shape index (κ3) is 6.18. The van der Waals surface area contributed by atoms with Gasteiger partial charge in [0.15, 0.2) is 0 Å². The van der Waals surface area contributed by atoms with Crippen molar-refractivity contribution in [2.75, 3.05) is 13.2 Å². The van der Waals surface area contributed by atoms with Gasteiger partial charge in [-0.2, -0.15) is 0 Å². The third-order valence-corrected chi connectivity index (χ3v) is 5.37. The Balaban J connectivity index is 2.40. The molecule has 8 heteroatoms. The Morgan fingerprint density at radius 1 is 1.00 bits per heavy atom. The molecule has 0 radical (unpaired) electrons. The van der Waals surface area contributed by atoms with Crippen molar-refractivity contribution in [3.05, 3.63) is 62.5 Å². The second kappa shape index (κ2) is 12.0. The topological polar surface area (TPSA) is 108 Å². The summed E-state index contributed by atoms with van der Waals surface area (Å²) >= 11 is 0. The Morgan fingerprint density at radius 3 is 2.22 bits per heavy atom. The van der Waals surface area contributed by atoms with Gasteiger partial charge in [0, 0.05) is 23.5 Å². The van der Waals surface area contributed by atoms with Crippen LogP contribution in [-0.2, 0) is 19.1 Å². The van der Waals surface area contributed by atoms with Gasteiger partial charge in [0.1, 0.15) is 0 Å². The number of ether oxygens (including phenoxy) is 2. The highest BCUT2D eigenvalue weighted by molar-refractivity contribution is 5.99. The zero-order chi connectivity index (χ0) is 23.7. The number of non-ortho nitro benzene ring substituents is 1. The number of nitro benzene ring substituents is 1. The molecule has 0 saturated heterocycles. The molecule has 1 aromatic rings. The average molecular weight is 445 g/mol. The fourth-order valence-electron chi connectivity index (χ4n) is 3.84. The second-order valence-electron chi connectivity index (χ2n) is 7.76. The van der Waals surface area contributed by atoms with Gasteiger partial charge >= 0.3 is 11.9 Å². The molecule has 0 aromatic heterocycles. The zero-order valence-electron chi connectivity index (χ0n) is 19.2. The molecule has 0 saturated carbocycles. The van der Waals surface area contributed by atoms with E-state index in [-0.39, 0.29) is 30.0 Å². The van der Waals surface area contributed by atoms with E-state index in [1.54, 1.807) is 32.9 Å². The van der Waals surface area contributed by atoms with Crippen molar-refractivity contribution >= 4 is 17.6 Å². The first kappa shape index (κ1) is 25.1. The van der Waals surface area contributed by atoms with E-state index in [0.29, 0.717) is 17.0 Å². The lowest BCUT2D eigenvalue weighted by molar-refractivity contribution is -0.384. The van der Waals surface area contributed by atoms with E-state index < -0.39 is 22.8 Å². The number of hydrogen-bond acceptors (Lipinski definition) is 7. The molecule has 1 heterocycles. The van der Waals surface area contributed by atoms with E-state index in [0.717, 1.165) is 32.1 Å². The molecule has 1 N–H and O–H groups in total. The monoisotopic (exact) mass is 444 g/mol. The number of carbonyl (C=O) groups is 2. The van der Waals surface area contributed by atoms with Crippen molar-refractivity contribution in [2.45, 2.75) is 65.7 Å². The maximum Gasteiger partial charge on any atom is 0.336 e. The summed E-state index contributed by atoms with van der Waals surface area (Å²) in [5.41, 5.74) is 1.91. The van der Waals surface area contributed by atoms with Gasteiger partial charge in [-0.1, -0.05) is 44.7 Å². The van der Waals surface area contributed by atoms with E-state index in [1.165, 1.54) is 12.1 Å². The molecule has 2 rings (SSSR count). The Kier molecular flexibility index (Phi) is 9.43. The smallest absolute Gasteiger partial charge is 0.336 e. The molecule has 8 nitrogen and oxygen atoms in total. The fourth-order valence-corrected chi connectivity index (χ4v) is 3.84. The van der Waals surface area contributed by atoms with Crippen molar-refractivity contribution in [2.24, 2.45) is 0 Å². The molecule has 0 amide bonds. The molecule has 32 heavy (non-hydrogen) atoms. The minimum atomic E-state index is -0.831. The van der Waals surface area contributed by atoms with Gasteiger partial charge < -0.3 is 14.8 Å². The van der Waals surface area contributed by atoms with Gasteiger partial charge in [0.05, 0.1) is 35.2 Å². The van der Waals surface area contributed by atoms with Gasteiger partial charge in [0.2, 0.25) is 0 Å². The summed E-state index contributed by atoms with van der Waals surface area (Å²) in [5.74, 6) is -1.95. The first-order chi connectivity index (χ1) is 15.3. The molecular weight excluding hydrogens is 412 g/mol. The van der Waals surface area contributed by atoms with Gasteiger partial charge in [-0.25, -0.2) is 9.59 Å². The molecule has 0 spiro atoms. The van der Waals surface area contributed by atoms with Crippen molar-refractivity contribution in [3.63, 3.8) is 0 Å². The second-order valence-corrected chi connectivity index (χ2v) is 7.76. The standard InChI is InChI=1S/C24H32N2O6/c1-5-7-8-9-10-14-32-24(28)21-17(4)25-16(3)20(23(27)31-6-2)22(21)18-12-11-13-19(15-18)26(29)30/h11-13,15,22,25H,5-10,14H2,1-4H3. The van der Waals surface area contributed by atoms with Crippen LogP contribution in [0.4, 0.5) is 5.69 Å². The van der Waals surface area contributed by atoms with Crippen LogP contribution in [0.2, 0.25) is 0 Å². The number of unbranched alkanes of at least 4 members (excludes halogenated alkanes) is 4. The molecule has 0 aliphatic carbocycles. The quantitative estimate of drug-likeness (QED) is 0.224. The molecule has 0 fully saturated rings. The molecule has 1 unspecified atom stereocenters. The molecule has 1 aromatic carbocycles. The number of hydrogen-bond donors (Lipinski definition) is 1. The number of esters is 2. The van der Waals surface area contributed by atoms with Crippen LogP contribution in [0.15, 0.2) is 46.8 Å². The molecule has 1 atom stereocenters. The third-order valence-electron chi connectivity index (χ3n) is 5.37. The molecular formula is C24H32N2O6. The lowest BCUT2D eigenvalue weighted by Gasteiger charge is -2.30. The van der Waals surface area contributed by atoms with Crippen LogP contribution in [0.1, 0.15) is 71.3 Å². The van der Waals surface area contributed by atoms with Crippen molar-refractivity contribution in [3.8, 4) is 0 Å². The number of benzene rings is 1. The van der Waals surface area contributed by atoms with Gasteiger partial charge in [0.25, 0.3) is 5.69 Å². The molecule has 1 aliphatic rings. The summed E-state index contributed by atoms with van der Waals surface area (Å²) in [6, 6.07) is 5.96. The van der Waals surface area contributed by atoms with Crippen LogP contribution in [0.3, 0.4) is 0 Å². The summed E-state index contributed by atoms with van der Waals surface area (Å²) in [6.07, 6.45) is 5.09. The van der Waals surface area contributed by atoms with E-state index in [1.807, 2.05) is 0 Å². The van der Waals surface area contributed by atoms with Crippen LogP contribution in [-0.4, -0.2) is 30.1 Å². The summed E-state index contributed by atoms with van der Waals surface area (Å²) < 4.78 is 10.8. The minimum absolute atomic E-state index is 0.122. The van der Waals surface area contributed by atoms with Gasteiger partial charge in [-0.3, -0.25) is 10.1 Å². The maximum absolute atomic E-state index is 13.1. The predicted molar refractivity (Wildman–Crippen MR) is 121 cm³/mol. The number of rotatable bonds is 11. The maximum atomic E-state index is 13.1.